The van der Waals surface area contributed by atoms with Crippen molar-refractivity contribution in [1.82, 2.24) is 0 Å². The van der Waals surface area contributed by atoms with Gasteiger partial charge in [-0.3, -0.25) is 0 Å². The molecule has 186 valence electrons. The summed E-state index contributed by atoms with van der Waals surface area (Å²) in [5.41, 5.74) is 3.63. The average molecular weight is 571 g/mol. The number of fused-ring (bicyclic) bond motifs is 3. The van der Waals surface area contributed by atoms with Crippen LogP contribution in [-0.4, -0.2) is 0 Å². The van der Waals surface area contributed by atoms with Crippen molar-refractivity contribution in [1.29, 1.82) is 0 Å². The quantitative estimate of drug-likeness (QED) is 0.296. The summed E-state index contributed by atoms with van der Waals surface area (Å²) in [5.74, 6) is 4.71. The van der Waals surface area contributed by atoms with E-state index in [9.17, 15) is 0 Å². The van der Waals surface area contributed by atoms with E-state index < -0.39 is 20.8 Å². The van der Waals surface area contributed by atoms with E-state index in [0.717, 1.165) is 23.7 Å². The molecule has 2 fully saturated rings. The topological polar surface area (TPSA) is 0 Å². The van der Waals surface area contributed by atoms with Crippen molar-refractivity contribution in [3.63, 3.8) is 0 Å². The van der Waals surface area contributed by atoms with Crippen LogP contribution in [-0.2, 0) is 20.8 Å². The van der Waals surface area contributed by atoms with Gasteiger partial charge in [0, 0.05) is 0 Å². The molecule has 0 spiro atoms. The molecule has 0 amide bonds. The third-order valence-electron chi connectivity index (χ3n) is 8.18. The molecule has 0 saturated heterocycles. The van der Waals surface area contributed by atoms with Crippen molar-refractivity contribution >= 4 is 17.0 Å². The Morgan fingerprint density at radius 3 is 1.48 bits per heavy atom. The molecule has 0 N–H and O–H groups in total. The normalized spacial score (nSPS) is 30.5. The summed E-state index contributed by atoms with van der Waals surface area (Å²) in [4.78, 5) is 0. The van der Waals surface area contributed by atoms with E-state index in [2.05, 4.69) is 78.0 Å². The Balaban J connectivity index is 0.00000103. The van der Waals surface area contributed by atoms with Crippen LogP contribution in [0.3, 0.4) is 0 Å². The van der Waals surface area contributed by atoms with Gasteiger partial charge in [-0.25, -0.2) is 0 Å². The second-order valence-corrected chi connectivity index (χ2v) is 16.0. The summed E-state index contributed by atoms with van der Waals surface area (Å²) in [7, 11) is 9.87. The van der Waals surface area contributed by atoms with Crippen molar-refractivity contribution in [2.24, 2.45) is 46.3 Å². The van der Waals surface area contributed by atoms with Gasteiger partial charge in [-0.05, 0) is 63.9 Å². The van der Waals surface area contributed by atoms with Crippen LogP contribution in [0.4, 0.5) is 0 Å². The number of halogens is 2. The minimum atomic E-state index is -0.826. The molecule has 4 aliphatic carbocycles. The summed E-state index contributed by atoms with van der Waals surface area (Å²) >= 11 is -0.826. The van der Waals surface area contributed by atoms with E-state index in [1.165, 1.54) is 38.5 Å². The Morgan fingerprint density at radius 1 is 0.727 bits per heavy atom. The SMILES string of the molecule is CC(C)(C)C1=CC2C(C=C1)C1C=CC(C(C)(C)C)=CC1C2CCC1CCCC1.[CH3-].[CH3-].[Cl][Zr+2][Cl]. The number of allylic oxidation sites excluding steroid dienone is 8. The second-order valence-electron chi connectivity index (χ2n) is 12.2. The molecule has 4 unspecified atom stereocenters. The average Bonchev–Trinajstić information content (AvgIpc) is 3.30. The van der Waals surface area contributed by atoms with Gasteiger partial charge in [0.15, 0.2) is 0 Å². The summed E-state index contributed by atoms with van der Waals surface area (Å²) in [6, 6.07) is 0. The zero-order valence-corrected chi connectivity index (χ0v) is 26.4. The molecular formula is C30H48Cl2Zr. The van der Waals surface area contributed by atoms with Gasteiger partial charge in [-0.2, -0.15) is 0 Å². The molecule has 4 rings (SSSR count). The maximum absolute atomic E-state index is 4.93. The fraction of sp³-hybridized carbons (Fsp3) is 0.667. The van der Waals surface area contributed by atoms with Crippen molar-refractivity contribution < 1.29 is 20.8 Å². The molecule has 0 aromatic heterocycles. The van der Waals surface area contributed by atoms with Gasteiger partial charge in [0.25, 0.3) is 0 Å². The van der Waals surface area contributed by atoms with Crippen LogP contribution in [0.15, 0.2) is 47.6 Å². The van der Waals surface area contributed by atoms with E-state index in [-0.39, 0.29) is 25.7 Å². The second kappa shape index (κ2) is 13.1. The molecule has 3 heteroatoms. The molecule has 4 atom stereocenters. The molecule has 0 nitrogen and oxygen atoms in total. The van der Waals surface area contributed by atoms with Crippen LogP contribution in [0.25, 0.3) is 0 Å². The predicted octanol–water partition coefficient (Wildman–Crippen LogP) is 10.4. The Kier molecular flexibility index (Phi) is 12.5. The van der Waals surface area contributed by atoms with Crippen LogP contribution in [0.5, 0.6) is 0 Å². The fourth-order valence-corrected chi connectivity index (χ4v) is 6.39. The summed E-state index contributed by atoms with van der Waals surface area (Å²) in [6.45, 7) is 14.2. The van der Waals surface area contributed by atoms with Crippen LogP contribution < -0.4 is 0 Å². The van der Waals surface area contributed by atoms with Gasteiger partial charge in [0.2, 0.25) is 0 Å². The van der Waals surface area contributed by atoms with E-state index in [1.807, 2.05) is 0 Å². The molecule has 33 heavy (non-hydrogen) atoms. The first kappa shape index (κ1) is 31.5. The third kappa shape index (κ3) is 7.70. The number of hydrogen-bond acceptors (Lipinski definition) is 0. The van der Waals surface area contributed by atoms with E-state index in [0.29, 0.717) is 11.8 Å². The molecule has 0 bridgehead atoms. The van der Waals surface area contributed by atoms with Crippen LogP contribution >= 0.6 is 17.0 Å². The molecule has 0 aromatic rings. The fourth-order valence-electron chi connectivity index (χ4n) is 6.39. The molecule has 4 aliphatic rings. The van der Waals surface area contributed by atoms with E-state index >= 15 is 0 Å². The van der Waals surface area contributed by atoms with E-state index in [1.54, 1.807) is 11.1 Å². The van der Waals surface area contributed by atoms with Crippen molar-refractivity contribution in [2.45, 2.75) is 80.1 Å². The van der Waals surface area contributed by atoms with Gasteiger partial charge in [0.05, 0.1) is 0 Å². The van der Waals surface area contributed by atoms with Gasteiger partial charge in [0.1, 0.15) is 0 Å². The standard InChI is InChI=1S/C28H42.2CH3.2ClH.Zr/c1-27(2,3)20-12-15-22-23-16-13-21(28(4,5)6)18-26(23)24(25(22)17-20)14-11-19-9-7-8-10-19;;;;;/h12-13,15-19,22-26H,7-11,14H2,1-6H3;2*1H3;2*1H;/q;2*-1;;;+4/p-2. The Morgan fingerprint density at radius 2 is 1.12 bits per heavy atom. The molecule has 0 aromatic carbocycles. The summed E-state index contributed by atoms with van der Waals surface area (Å²) < 4.78 is 0. The molecule has 0 radical (unpaired) electrons. The van der Waals surface area contributed by atoms with Gasteiger partial charge < -0.3 is 14.9 Å². The summed E-state index contributed by atoms with van der Waals surface area (Å²) in [5, 5.41) is 0. The van der Waals surface area contributed by atoms with Crippen molar-refractivity contribution in [3.8, 4) is 0 Å². The zero-order chi connectivity index (χ0) is 22.8. The van der Waals surface area contributed by atoms with Crippen molar-refractivity contribution in [2.75, 3.05) is 0 Å². The van der Waals surface area contributed by atoms with Gasteiger partial charge in [-0.1, -0.05) is 110 Å². The molecular weight excluding hydrogens is 522 g/mol. The van der Waals surface area contributed by atoms with Gasteiger partial charge in [-0.15, -0.1) is 0 Å². The van der Waals surface area contributed by atoms with Crippen LogP contribution in [0.1, 0.15) is 80.1 Å². The number of rotatable bonds is 3. The molecule has 0 aliphatic heterocycles. The Bertz CT molecular complexity index is 673. The first-order chi connectivity index (χ1) is 14.6. The predicted molar refractivity (Wildman–Crippen MR) is 147 cm³/mol. The third-order valence-corrected chi connectivity index (χ3v) is 8.18. The Hall–Kier alpha value is 0.423. The van der Waals surface area contributed by atoms with Crippen LogP contribution in [0.2, 0.25) is 0 Å². The number of hydrogen-bond donors (Lipinski definition) is 0. The maximum atomic E-state index is 4.93. The zero-order valence-electron chi connectivity index (χ0n) is 22.4. The monoisotopic (exact) mass is 568 g/mol. The minimum absolute atomic E-state index is 0. The van der Waals surface area contributed by atoms with Crippen LogP contribution in [0, 0.1) is 61.2 Å². The van der Waals surface area contributed by atoms with E-state index in [4.69, 9.17) is 17.0 Å². The summed E-state index contributed by atoms with van der Waals surface area (Å²) in [6.07, 6.45) is 24.3. The van der Waals surface area contributed by atoms with Gasteiger partial charge >= 0.3 is 37.9 Å². The Labute approximate surface area is 225 Å². The van der Waals surface area contributed by atoms with Crippen molar-refractivity contribution in [3.05, 3.63) is 62.5 Å². The molecule has 2 saturated carbocycles. The first-order valence-corrected chi connectivity index (χ1v) is 18.7. The first-order valence-electron chi connectivity index (χ1n) is 12.3. The molecule has 0 heterocycles.